The van der Waals surface area contributed by atoms with Crippen LogP contribution in [0, 0.1) is 0 Å². The predicted octanol–water partition coefficient (Wildman–Crippen LogP) is 1.41. The van der Waals surface area contributed by atoms with Crippen molar-refractivity contribution >= 4 is 21.4 Å². The van der Waals surface area contributed by atoms with Crippen LogP contribution in [0.4, 0.5) is 11.4 Å². The number of nitrogens with one attached hydrogen (secondary N) is 1. The molecule has 2 aromatic rings. The van der Waals surface area contributed by atoms with Gasteiger partial charge in [0.15, 0.2) is 5.03 Å². The molecular weight excluding hydrogens is 288 g/mol. The maximum atomic E-state index is 12.2. The van der Waals surface area contributed by atoms with E-state index >= 15 is 0 Å². The minimum atomic E-state index is -3.69. The van der Waals surface area contributed by atoms with Gasteiger partial charge < -0.3 is 10.6 Å². The van der Waals surface area contributed by atoms with Crippen LogP contribution in [0.15, 0.2) is 47.6 Å². The Hall–Kier alpha value is -2.12. The van der Waals surface area contributed by atoms with Crippen LogP contribution in [0.25, 0.3) is 0 Å². The molecule has 0 atom stereocenters. The fourth-order valence-corrected chi connectivity index (χ4v) is 2.72. The maximum absolute atomic E-state index is 12.2. The van der Waals surface area contributed by atoms with Crippen LogP contribution in [-0.4, -0.2) is 27.5 Å². The molecule has 0 aliphatic rings. The molecule has 0 spiro atoms. The van der Waals surface area contributed by atoms with E-state index in [4.69, 9.17) is 5.73 Å². The van der Waals surface area contributed by atoms with Crippen molar-refractivity contribution in [3.05, 3.63) is 48.2 Å². The van der Waals surface area contributed by atoms with Gasteiger partial charge in [0.1, 0.15) is 0 Å². The summed E-state index contributed by atoms with van der Waals surface area (Å²) in [4.78, 5) is 5.86. The van der Waals surface area contributed by atoms with Gasteiger partial charge in [-0.05, 0) is 35.9 Å². The van der Waals surface area contributed by atoms with Crippen molar-refractivity contribution in [2.24, 2.45) is 5.73 Å². The second-order valence-electron chi connectivity index (χ2n) is 4.76. The minimum absolute atomic E-state index is 0.0311. The topological polar surface area (TPSA) is 88.3 Å². The van der Waals surface area contributed by atoms with Crippen molar-refractivity contribution in [1.82, 2.24) is 4.98 Å². The summed E-state index contributed by atoms with van der Waals surface area (Å²) in [5, 5.41) is -0.0311. The van der Waals surface area contributed by atoms with Gasteiger partial charge in [0.25, 0.3) is 10.0 Å². The van der Waals surface area contributed by atoms with E-state index < -0.39 is 10.0 Å². The molecule has 0 aliphatic carbocycles. The fourth-order valence-electron chi connectivity index (χ4n) is 1.73. The van der Waals surface area contributed by atoms with Crippen molar-refractivity contribution in [2.75, 3.05) is 23.7 Å². The Morgan fingerprint density at radius 1 is 1.14 bits per heavy atom. The van der Waals surface area contributed by atoms with Crippen LogP contribution in [0.3, 0.4) is 0 Å². The van der Waals surface area contributed by atoms with Crippen LogP contribution in [0.2, 0.25) is 0 Å². The van der Waals surface area contributed by atoms with Gasteiger partial charge in [-0.25, -0.2) is 4.98 Å². The molecule has 0 aliphatic heterocycles. The molecule has 0 saturated heterocycles. The van der Waals surface area contributed by atoms with E-state index in [-0.39, 0.29) is 5.03 Å². The molecule has 0 saturated carbocycles. The summed E-state index contributed by atoms with van der Waals surface area (Å²) in [5.74, 6) is 0. The molecule has 1 aromatic carbocycles. The Morgan fingerprint density at radius 2 is 1.81 bits per heavy atom. The first-order valence-electron chi connectivity index (χ1n) is 6.37. The lowest BCUT2D eigenvalue weighted by molar-refractivity contribution is 0.597. The lowest BCUT2D eigenvalue weighted by atomic mass is 10.3. The molecule has 0 bridgehead atoms. The van der Waals surface area contributed by atoms with Crippen LogP contribution < -0.4 is 15.4 Å². The molecule has 1 aromatic heterocycles. The standard InChI is InChI=1S/C14H18N4O2S/c1-18(2)13-6-4-12(5-7-13)17-21(19,20)14-8-3-11(9-15)10-16-14/h3-8,10,17H,9,15H2,1-2H3. The van der Waals surface area contributed by atoms with Gasteiger partial charge in [0.05, 0.1) is 0 Å². The van der Waals surface area contributed by atoms with Gasteiger partial charge in [-0.3, -0.25) is 4.72 Å². The third kappa shape index (κ3) is 3.71. The van der Waals surface area contributed by atoms with Crippen molar-refractivity contribution in [3.8, 4) is 0 Å². The lowest BCUT2D eigenvalue weighted by Gasteiger charge is -2.13. The Morgan fingerprint density at radius 3 is 2.29 bits per heavy atom. The largest absolute Gasteiger partial charge is 0.378 e. The van der Waals surface area contributed by atoms with E-state index in [9.17, 15) is 8.42 Å². The van der Waals surface area contributed by atoms with Gasteiger partial charge >= 0.3 is 0 Å². The van der Waals surface area contributed by atoms with Gasteiger partial charge in [-0.2, -0.15) is 8.42 Å². The van der Waals surface area contributed by atoms with E-state index in [1.54, 1.807) is 18.2 Å². The second kappa shape index (κ2) is 6.11. The number of pyridine rings is 1. The van der Waals surface area contributed by atoms with Gasteiger partial charge in [-0.1, -0.05) is 6.07 Å². The van der Waals surface area contributed by atoms with E-state index in [1.807, 2.05) is 31.1 Å². The molecule has 0 radical (unpaired) electrons. The second-order valence-corrected chi connectivity index (χ2v) is 6.38. The van der Waals surface area contributed by atoms with E-state index in [2.05, 4.69) is 9.71 Å². The molecule has 0 amide bonds. The molecule has 112 valence electrons. The highest BCUT2D eigenvalue weighted by Crippen LogP contribution is 2.18. The molecule has 0 unspecified atom stereocenters. The first-order valence-corrected chi connectivity index (χ1v) is 7.86. The molecule has 7 heteroatoms. The summed E-state index contributed by atoms with van der Waals surface area (Å²) in [6, 6.07) is 10.2. The summed E-state index contributed by atoms with van der Waals surface area (Å²) < 4.78 is 26.9. The lowest BCUT2D eigenvalue weighted by Crippen LogP contribution is -2.15. The van der Waals surface area contributed by atoms with Crippen LogP contribution >= 0.6 is 0 Å². The number of anilines is 2. The zero-order chi connectivity index (χ0) is 15.5. The van der Waals surface area contributed by atoms with Crippen molar-refractivity contribution < 1.29 is 8.42 Å². The molecule has 21 heavy (non-hydrogen) atoms. The molecular formula is C14H18N4O2S. The number of nitrogens with zero attached hydrogens (tertiary/aromatic N) is 2. The monoisotopic (exact) mass is 306 g/mol. The van der Waals surface area contributed by atoms with Crippen molar-refractivity contribution in [1.29, 1.82) is 0 Å². The fraction of sp³-hybridized carbons (Fsp3) is 0.214. The SMILES string of the molecule is CN(C)c1ccc(NS(=O)(=O)c2ccc(CN)cn2)cc1. The average molecular weight is 306 g/mol. The highest BCUT2D eigenvalue weighted by Gasteiger charge is 2.15. The van der Waals surface area contributed by atoms with Crippen LogP contribution in [0.5, 0.6) is 0 Å². The number of nitrogens with two attached hydrogens (primary N) is 1. The molecule has 1 heterocycles. The first kappa shape index (κ1) is 15.3. The average Bonchev–Trinajstić information content (AvgIpc) is 2.47. The number of sulfonamides is 1. The first-order chi connectivity index (χ1) is 9.92. The zero-order valence-corrected chi connectivity index (χ0v) is 12.8. The third-order valence-electron chi connectivity index (χ3n) is 2.94. The summed E-state index contributed by atoms with van der Waals surface area (Å²) in [5.41, 5.74) is 7.72. The molecule has 6 nitrogen and oxygen atoms in total. The number of aromatic nitrogens is 1. The number of hydrogen-bond donors (Lipinski definition) is 2. The van der Waals surface area contributed by atoms with E-state index in [0.717, 1.165) is 11.3 Å². The Labute approximate surface area is 124 Å². The van der Waals surface area contributed by atoms with E-state index in [0.29, 0.717) is 12.2 Å². The smallest absolute Gasteiger partial charge is 0.279 e. The van der Waals surface area contributed by atoms with Crippen molar-refractivity contribution in [3.63, 3.8) is 0 Å². The number of benzene rings is 1. The highest BCUT2D eigenvalue weighted by atomic mass is 32.2. The molecule has 2 rings (SSSR count). The summed E-state index contributed by atoms with van der Waals surface area (Å²) in [6.07, 6.45) is 1.46. The van der Waals surface area contributed by atoms with Crippen molar-refractivity contribution in [2.45, 2.75) is 11.6 Å². The van der Waals surface area contributed by atoms with Crippen LogP contribution in [-0.2, 0) is 16.6 Å². The van der Waals surface area contributed by atoms with Gasteiger partial charge in [0.2, 0.25) is 0 Å². The molecule has 0 fully saturated rings. The number of rotatable bonds is 5. The minimum Gasteiger partial charge on any atom is -0.378 e. The third-order valence-corrected chi connectivity index (χ3v) is 4.24. The Kier molecular flexibility index (Phi) is 4.44. The Balaban J connectivity index is 2.19. The highest BCUT2D eigenvalue weighted by molar-refractivity contribution is 7.92. The summed E-state index contributed by atoms with van der Waals surface area (Å²) in [6.45, 7) is 0.326. The maximum Gasteiger partial charge on any atom is 0.279 e. The summed E-state index contributed by atoms with van der Waals surface area (Å²) in [7, 11) is 0.151. The Bertz CT molecular complexity index is 695. The molecule has 3 N–H and O–H groups in total. The number of hydrogen-bond acceptors (Lipinski definition) is 5. The van der Waals surface area contributed by atoms with Gasteiger partial charge in [0, 0.05) is 38.2 Å². The predicted molar refractivity (Wildman–Crippen MR) is 83.7 cm³/mol. The van der Waals surface area contributed by atoms with E-state index in [1.165, 1.54) is 12.3 Å². The zero-order valence-electron chi connectivity index (χ0n) is 11.9. The normalized spacial score (nSPS) is 11.2. The van der Waals surface area contributed by atoms with Crippen LogP contribution in [0.1, 0.15) is 5.56 Å². The quantitative estimate of drug-likeness (QED) is 0.872. The summed E-state index contributed by atoms with van der Waals surface area (Å²) >= 11 is 0. The van der Waals surface area contributed by atoms with Gasteiger partial charge in [-0.15, -0.1) is 0 Å².